The number of alkyl halides is 3. The summed E-state index contributed by atoms with van der Waals surface area (Å²) in [4.78, 5) is 11.0. The Morgan fingerprint density at radius 2 is 1.88 bits per heavy atom. The van der Waals surface area contributed by atoms with Crippen LogP contribution in [0.15, 0.2) is 55.1 Å². The van der Waals surface area contributed by atoms with Crippen LogP contribution in [0, 0.1) is 6.92 Å². The van der Waals surface area contributed by atoms with Crippen molar-refractivity contribution in [2.24, 2.45) is 0 Å². The van der Waals surface area contributed by atoms with Crippen LogP contribution < -0.4 is 4.74 Å². The number of rotatable bonds is 5. The first kappa shape index (κ1) is 21.3. The number of ether oxygens (including phenoxy) is 1. The Labute approximate surface area is 150 Å². The zero-order valence-corrected chi connectivity index (χ0v) is 14.6. The highest BCUT2D eigenvalue weighted by atomic mass is 19.4. The van der Waals surface area contributed by atoms with E-state index in [4.69, 9.17) is 9.84 Å². The molecule has 2 rings (SSSR count). The molecule has 140 valence electrons. The molecule has 0 amide bonds. The van der Waals surface area contributed by atoms with Gasteiger partial charge in [-0.05, 0) is 49.2 Å². The van der Waals surface area contributed by atoms with Crippen molar-refractivity contribution in [3.8, 4) is 11.5 Å². The number of ketones is 1. The lowest BCUT2D eigenvalue weighted by atomic mass is 10.1. The molecule has 0 bridgehead atoms. The van der Waals surface area contributed by atoms with E-state index in [1.807, 2.05) is 18.2 Å². The SMILES string of the molecule is C=CC(=O)c1ccc(O)c(C(F)(F)F)c1.CCCOc1ccccc1C. The van der Waals surface area contributed by atoms with Gasteiger partial charge in [-0.1, -0.05) is 31.7 Å². The van der Waals surface area contributed by atoms with Crippen LogP contribution in [-0.2, 0) is 6.18 Å². The van der Waals surface area contributed by atoms with Crippen LogP contribution >= 0.6 is 0 Å². The van der Waals surface area contributed by atoms with E-state index in [0.29, 0.717) is 6.07 Å². The van der Waals surface area contributed by atoms with Gasteiger partial charge in [0, 0.05) is 5.56 Å². The van der Waals surface area contributed by atoms with Gasteiger partial charge in [-0.25, -0.2) is 0 Å². The summed E-state index contributed by atoms with van der Waals surface area (Å²) in [6.45, 7) is 8.14. The molecule has 0 atom stereocenters. The molecule has 0 radical (unpaired) electrons. The summed E-state index contributed by atoms with van der Waals surface area (Å²) in [7, 11) is 0. The number of aryl methyl sites for hydroxylation is 1. The number of phenolic OH excluding ortho intramolecular Hbond substituents is 1. The summed E-state index contributed by atoms with van der Waals surface area (Å²) >= 11 is 0. The fourth-order valence-electron chi connectivity index (χ4n) is 1.96. The van der Waals surface area contributed by atoms with Gasteiger partial charge in [0.1, 0.15) is 11.5 Å². The third-order valence-corrected chi connectivity index (χ3v) is 3.33. The zero-order chi connectivity index (χ0) is 19.7. The maximum Gasteiger partial charge on any atom is 0.419 e. The van der Waals surface area contributed by atoms with E-state index in [9.17, 15) is 18.0 Å². The normalized spacial score (nSPS) is 10.5. The molecular formula is C20H21F3O3. The first-order valence-electron chi connectivity index (χ1n) is 7.96. The Hall–Kier alpha value is -2.76. The molecule has 0 aliphatic carbocycles. The Kier molecular flexibility index (Phi) is 7.90. The van der Waals surface area contributed by atoms with Gasteiger partial charge < -0.3 is 9.84 Å². The highest BCUT2D eigenvalue weighted by molar-refractivity contribution is 6.04. The number of aromatic hydroxyl groups is 1. The maximum absolute atomic E-state index is 12.3. The Morgan fingerprint density at radius 3 is 2.42 bits per heavy atom. The molecule has 0 fully saturated rings. The minimum Gasteiger partial charge on any atom is -0.507 e. The topological polar surface area (TPSA) is 46.5 Å². The second-order valence-electron chi connectivity index (χ2n) is 5.41. The Morgan fingerprint density at radius 1 is 1.23 bits per heavy atom. The van der Waals surface area contributed by atoms with Gasteiger partial charge in [0.2, 0.25) is 0 Å². The molecule has 0 heterocycles. The summed E-state index contributed by atoms with van der Waals surface area (Å²) in [6.07, 6.45) is -2.71. The minimum atomic E-state index is -4.68. The van der Waals surface area contributed by atoms with Gasteiger partial charge in [-0.3, -0.25) is 4.79 Å². The standard InChI is InChI=1S/C10H7F3O2.C10H14O/c1-2-8(14)6-3-4-9(15)7(5-6)10(11,12)13;1-3-8-11-10-7-5-4-6-9(10)2/h2-5,15H,1H2;4-7H,3,8H2,1-2H3. The highest BCUT2D eigenvalue weighted by Gasteiger charge is 2.34. The minimum absolute atomic E-state index is 0.157. The quantitative estimate of drug-likeness (QED) is 0.556. The summed E-state index contributed by atoms with van der Waals surface area (Å²) in [5, 5.41) is 8.97. The lowest BCUT2D eigenvalue weighted by Gasteiger charge is -2.09. The number of phenols is 1. The van der Waals surface area contributed by atoms with Crippen LogP contribution in [0.25, 0.3) is 0 Å². The van der Waals surface area contributed by atoms with Gasteiger partial charge in [0.05, 0.1) is 12.2 Å². The molecule has 2 aromatic carbocycles. The molecule has 0 aliphatic heterocycles. The predicted octanol–water partition coefficient (Wildman–Crippen LogP) is 5.56. The summed E-state index contributed by atoms with van der Waals surface area (Å²) in [5.74, 6) is -0.516. The molecule has 0 spiro atoms. The molecule has 26 heavy (non-hydrogen) atoms. The predicted molar refractivity (Wildman–Crippen MR) is 94.6 cm³/mol. The second-order valence-corrected chi connectivity index (χ2v) is 5.41. The summed E-state index contributed by atoms with van der Waals surface area (Å²) in [5.41, 5.74) is -0.175. The number of para-hydroxylation sites is 1. The average Bonchev–Trinajstić information content (AvgIpc) is 2.60. The van der Waals surface area contributed by atoms with Crippen molar-refractivity contribution >= 4 is 5.78 Å². The number of allylic oxidation sites excluding steroid dienone is 1. The molecular weight excluding hydrogens is 345 g/mol. The highest BCUT2D eigenvalue weighted by Crippen LogP contribution is 2.36. The molecule has 6 heteroatoms. The molecule has 0 aliphatic rings. The number of carbonyl (C=O) groups excluding carboxylic acids is 1. The van der Waals surface area contributed by atoms with E-state index in [0.717, 1.165) is 37.0 Å². The lowest BCUT2D eigenvalue weighted by molar-refractivity contribution is -0.138. The van der Waals surface area contributed by atoms with Crippen LogP contribution in [-0.4, -0.2) is 17.5 Å². The van der Waals surface area contributed by atoms with E-state index < -0.39 is 23.3 Å². The Bertz CT molecular complexity index is 752. The largest absolute Gasteiger partial charge is 0.507 e. The van der Waals surface area contributed by atoms with Crippen molar-refractivity contribution in [3.63, 3.8) is 0 Å². The number of carbonyl (C=O) groups is 1. The lowest BCUT2D eigenvalue weighted by Crippen LogP contribution is -2.07. The fraction of sp³-hybridized carbons (Fsp3) is 0.250. The molecule has 0 saturated carbocycles. The fourth-order valence-corrected chi connectivity index (χ4v) is 1.96. The van der Waals surface area contributed by atoms with Crippen LogP contribution in [0.5, 0.6) is 11.5 Å². The van der Waals surface area contributed by atoms with E-state index in [2.05, 4.69) is 26.5 Å². The Balaban J connectivity index is 0.000000273. The third-order valence-electron chi connectivity index (χ3n) is 3.33. The van der Waals surface area contributed by atoms with Crippen molar-refractivity contribution in [2.45, 2.75) is 26.4 Å². The third kappa shape index (κ3) is 6.27. The zero-order valence-electron chi connectivity index (χ0n) is 14.6. The molecule has 3 nitrogen and oxygen atoms in total. The van der Waals surface area contributed by atoms with Gasteiger partial charge >= 0.3 is 6.18 Å². The number of hydrogen-bond donors (Lipinski definition) is 1. The van der Waals surface area contributed by atoms with E-state index in [1.165, 1.54) is 5.56 Å². The number of halogens is 3. The number of hydrogen-bond acceptors (Lipinski definition) is 3. The van der Waals surface area contributed by atoms with E-state index in [-0.39, 0.29) is 5.56 Å². The van der Waals surface area contributed by atoms with Gasteiger partial charge in [0.15, 0.2) is 5.78 Å². The van der Waals surface area contributed by atoms with E-state index in [1.54, 1.807) is 0 Å². The maximum atomic E-state index is 12.3. The van der Waals surface area contributed by atoms with Gasteiger partial charge in [-0.2, -0.15) is 13.2 Å². The van der Waals surface area contributed by atoms with Crippen molar-refractivity contribution < 1.29 is 27.8 Å². The monoisotopic (exact) mass is 366 g/mol. The first-order chi connectivity index (χ1) is 12.2. The summed E-state index contributed by atoms with van der Waals surface area (Å²) in [6, 6.07) is 10.6. The molecule has 2 aromatic rings. The smallest absolute Gasteiger partial charge is 0.419 e. The second kappa shape index (κ2) is 9.65. The van der Waals surface area contributed by atoms with E-state index >= 15 is 0 Å². The first-order valence-corrected chi connectivity index (χ1v) is 7.96. The van der Waals surface area contributed by atoms with Crippen LogP contribution in [0.1, 0.15) is 34.8 Å². The van der Waals surface area contributed by atoms with Crippen molar-refractivity contribution in [1.82, 2.24) is 0 Å². The van der Waals surface area contributed by atoms with Crippen LogP contribution in [0.2, 0.25) is 0 Å². The molecule has 0 aromatic heterocycles. The van der Waals surface area contributed by atoms with Crippen molar-refractivity contribution in [2.75, 3.05) is 6.61 Å². The van der Waals surface area contributed by atoms with Crippen molar-refractivity contribution in [3.05, 3.63) is 71.8 Å². The van der Waals surface area contributed by atoms with Crippen LogP contribution in [0.3, 0.4) is 0 Å². The average molecular weight is 366 g/mol. The summed E-state index contributed by atoms with van der Waals surface area (Å²) < 4.78 is 42.4. The van der Waals surface area contributed by atoms with Gasteiger partial charge in [-0.15, -0.1) is 0 Å². The van der Waals surface area contributed by atoms with Crippen LogP contribution in [0.4, 0.5) is 13.2 Å². The van der Waals surface area contributed by atoms with Gasteiger partial charge in [0.25, 0.3) is 0 Å². The molecule has 0 unspecified atom stereocenters. The number of benzene rings is 2. The molecule has 1 N–H and O–H groups in total. The van der Waals surface area contributed by atoms with Crippen molar-refractivity contribution in [1.29, 1.82) is 0 Å². The molecule has 0 saturated heterocycles.